The highest BCUT2D eigenvalue weighted by molar-refractivity contribution is 5.97. The van der Waals surface area contributed by atoms with Gasteiger partial charge in [-0.25, -0.2) is 9.48 Å². The van der Waals surface area contributed by atoms with Crippen LogP contribution in [0.5, 0.6) is 5.75 Å². The maximum Gasteiger partial charge on any atom is 0.345 e. The Hall–Kier alpha value is -2.57. The van der Waals surface area contributed by atoms with Crippen LogP contribution in [-0.4, -0.2) is 45.4 Å². The highest BCUT2D eigenvalue weighted by atomic mass is 16.5. The summed E-state index contributed by atoms with van der Waals surface area (Å²) in [6.45, 7) is 5.27. The number of ether oxygens (including phenoxy) is 1. The normalized spacial score (nSPS) is 15.5. The molecule has 140 valence electrons. The molecule has 1 fully saturated rings. The Morgan fingerprint density at radius 2 is 1.88 bits per heavy atom. The quantitative estimate of drug-likeness (QED) is 0.840. The number of carbonyl (C=O) groups is 1. The standard InChI is InChI=1S/C19H26N4O3/c1-13(2)23-17(20-21(3)19(23)25)14-9-11-22(12-10-14)18(24)15-7-5-6-8-16(15)26-4/h5-8,13-14H,9-12H2,1-4H3. The number of aryl methyl sites for hydroxylation is 1. The van der Waals surface area contributed by atoms with Crippen LogP contribution in [0.3, 0.4) is 0 Å². The van der Waals surface area contributed by atoms with Crippen molar-refractivity contribution >= 4 is 5.91 Å². The lowest BCUT2D eigenvalue weighted by Crippen LogP contribution is -2.39. The first kappa shape index (κ1) is 18.2. The number of hydrogen-bond acceptors (Lipinski definition) is 4. The Morgan fingerprint density at radius 3 is 2.50 bits per heavy atom. The van der Waals surface area contributed by atoms with E-state index in [1.807, 2.05) is 30.9 Å². The number of hydrogen-bond donors (Lipinski definition) is 0. The molecule has 1 aliphatic rings. The van der Waals surface area contributed by atoms with E-state index in [9.17, 15) is 9.59 Å². The number of benzene rings is 1. The number of piperidine rings is 1. The first-order chi connectivity index (χ1) is 12.4. The largest absolute Gasteiger partial charge is 0.496 e. The molecule has 0 atom stereocenters. The summed E-state index contributed by atoms with van der Waals surface area (Å²) in [6, 6.07) is 7.36. The van der Waals surface area contributed by atoms with E-state index >= 15 is 0 Å². The summed E-state index contributed by atoms with van der Waals surface area (Å²) in [6.07, 6.45) is 1.59. The van der Waals surface area contributed by atoms with Crippen LogP contribution in [0.1, 0.15) is 54.8 Å². The van der Waals surface area contributed by atoms with Gasteiger partial charge in [0.05, 0.1) is 12.7 Å². The second-order valence-corrected chi connectivity index (χ2v) is 6.99. The third kappa shape index (κ3) is 3.25. The van der Waals surface area contributed by atoms with Crippen molar-refractivity contribution in [1.82, 2.24) is 19.2 Å². The Bertz CT molecular complexity index is 845. The molecule has 0 saturated carbocycles. The third-order valence-corrected chi connectivity index (χ3v) is 4.98. The highest BCUT2D eigenvalue weighted by Crippen LogP contribution is 2.29. The molecule has 26 heavy (non-hydrogen) atoms. The SMILES string of the molecule is COc1ccccc1C(=O)N1CCC(c2nn(C)c(=O)n2C(C)C)CC1. The number of aromatic nitrogens is 3. The Balaban J connectivity index is 1.75. The number of likely N-dealkylation sites (tertiary alicyclic amines) is 1. The molecule has 7 nitrogen and oxygen atoms in total. The minimum absolute atomic E-state index is 0.0110. The van der Waals surface area contributed by atoms with Gasteiger partial charge in [-0.2, -0.15) is 5.10 Å². The van der Waals surface area contributed by atoms with E-state index in [1.165, 1.54) is 4.68 Å². The summed E-state index contributed by atoms with van der Waals surface area (Å²) in [7, 11) is 3.26. The van der Waals surface area contributed by atoms with Gasteiger partial charge in [-0.1, -0.05) is 12.1 Å². The Labute approximate surface area is 153 Å². The number of methoxy groups -OCH3 is 1. The summed E-state index contributed by atoms with van der Waals surface area (Å²) < 4.78 is 8.48. The second-order valence-electron chi connectivity index (χ2n) is 6.99. The molecule has 1 aromatic carbocycles. The summed E-state index contributed by atoms with van der Waals surface area (Å²) in [5, 5.41) is 4.45. The molecule has 2 aromatic rings. The van der Waals surface area contributed by atoms with Crippen molar-refractivity contribution in [3.63, 3.8) is 0 Å². The molecule has 1 amide bonds. The summed E-state index contributed by atoms with van der Waals surface area (Å²) >= 11 is 0. The van der Waals surface area contributed by atoms with Crippen molar-refractivity contribution < 1.29 is 9.53 Å². The van der Waals surface area contributed by atoms with Crippen molar-refractivity contribution in [2.45, 2.75) is 38.6 Å². The zero-order valence-electron chi connectivity index (χ0n) is 15.8. The van der Waals surface area contributed by atoms with Crippen LogP contribution in [0.2, 0.25) is 0 Å². The van der Waals surface area contributed by atoms with Gasteiger partial charge in [0.25, 0.3) is 5.91 Å². The van der Waals surface area contributed by atoms with Crippen molar-refractivity contribution in [2.75, 3.05) is 20.2 Å². The summed E-state index contributed by atoms with van der Waals surface area (Å²) in [5.74, 6) is 1.60. The molecule has 1 saturated heterocycles. The first-order valence-electron chi connectivity index (χ1n) is 9.01. The smallest absolute Gasteiger partial charge is 0.345 e. The van der Waals surface area contributed by atoms with Gasteiger partial charge in [0.1, 0.15) is 11.6 Å². The van der Waals surface area contributed by atoms with Crippen molar-refractivity contribution in [3.8, 4) is 5.75 Å². The monoisotopic (exact) mass is 358 g/mol. The Morgan fingerprint density at radius 1 is 1.23 bits per heavy atom. The van der Waals surface area contributed by atoms with Crippen LogP contribution in [0.4, 0.5) is 0 Å². The Kier molecular flexibility index (Phi) is 5.15. The fourth-order valence-corrected chi connectivity index (χ4v) is 3.59. The van der Waals surface area contributed by atoms with E-state index in [4.69, 9.17) is 4.74 Å². The fraction of sp³-hybridized carbons (Fsp3) is 0.526. The van der Waals surface area contributed by atoms with E-state index in [0.717, 1.165) is 18.7 Å². The molecule has 0 bridgehead atoms. The zero-order chi connectivity index (χ0) is 18.8. The lowest BCUT2D eigenvalue weighted by Gasteiger charge is -2.32. The van der Waals surface area contributed by atoms with Crippen LogP contribution >= 0.6 is 0 Å². The predicted molar refractivity (Wildman–Crippen MR) is 98.7 cm³/mol. The summed E-state index contributed by atoms with van der Waals surface area (Å²) in [5.41, 5.74) is 0.507. The highest BCUT2D eigenvalue weighted by Gasteiger charge is 2.30. The molecule has 0 unspecified atom stereocenters. The van der Waals surface area contributed by atoms with E-state index in [2.05, 4.69) is 5.10 Å². The zero-order valence-corrected chi connectivity index (χ0v) is 15.8. The number of nitrogens with zero attached hydrogens (tertiary/aromatic N) is 4. The minimum atomic E-state index is -0.0810. The fourth-order valence-electron chi connectivity index (χ4n) is 3.59. The van der Waals surface area contributed by atoms with Crippen LogP contribution in [-0.2, 0) is 7.05 Å². The van der Waals surface area contributed by atoms with Crippen LogP contribution in [0.15, 0.2) is 29.1 Å². The molecular weight excluding hydrogens is 332 g/mol. The van der Waals surface area contributed by atoms with Crippen LogP contribution in [0, 0.1) is 0 Å². The van der Waals surface area contributed by atoms with Gasteiger partial charge in [-0.15, -0.1) is 0 Å². The maximum atomic E-state index is 12.8. The van der Waals surface area contributed by atoms with Crippen LogP contribution < -0.4 is 10.4 Å². The number of para-hydroxylation sites is 1. The second kappa shape index (κ2) is 7.35. The van der Waals surface area contributed by atoms with Gasteiger partial charge in [0, 0.05) is 32.1 Å². The molecule has 0 aliphatic carbocycles. The van der Waals surface area contributed by atoms with Gasteiger partial charge in [-0.3, -0.25) is 9.36 Å². The average molecular weight is 358 g/mol. The number of carbonyl (C=O) groups excluding carboxylic acids is 1. The van der Waals surface area contributed by atoms with Gasteiger partial charge < -0.3 is 9.64 Å². The molecule has 2 heterocycles. The molecule has 7 heteroatoms. The molecule has 3 rings (SSSR count). The maximum absolute atomic E-state index is 12.8. The van der Waals surface area contributed by atoms with E-state index in [-0.39, 0.29) is 23.6 Å². The lowest BCUT2D eigenvalue weighted by atomic mass is 9.95. The average Bonchev–Trinajstić information content (AvgIpc) is 2.96. The van der Waals surface area contributed by atoms with Gasteiger partial charge in [0.2, 0.25) is 0 Å². The minimum Gasteiger partial charge on any atom is -0.496 e. The lowest BCUT2D eigenvalue weighted by molar-refractivity contribution is 0.0706. The third-order valence-electron chi connectivity index (χ3n) is 4.98. The van der Waals surface area contributed by atoms with E-state index in [0.29, 0.717) is 24.4 Å². The topological polar surface area (TPSA) is 69.4 Å². The van der Waals surface area contributed by atoms with E-state index in [1.54, 1.807) is 30.9 Å². The molecule has 1 aromatic heterocycles. The molecule has 0 spiro atoms. The van der Waals surface area contributed by atoms with Crippen molar-refractivity contribution in [1.29, 1.82) is 0 Å². The molecule has 1 aliphatic heterocycles. The molecule has 0 N–H and O–H groups in total. The first-order valence-corrected chi connectivity index (χ1v) is 9.01. The van der Waals surface area contributed by atoms with Crippen molar-refractivity contribution in [2.24, 2.45) is 7.05 Å². The van der Waals surface area contributed by atoms with Gasteiger partial charge >= 0.3 is 5.69 Å². The molecular formula is C19H26N4O3. The van der Waals surface area contributed by atoms with Gasteiger partial charge in [0.15, 0.2) is 0 Å². The number of rotatable bonds is 4. The van der Waals surface area contributed by atoms with Crippen molar-refractivity contribution in [3.05, 3.63) is 46.1 Å². The van der Waals surface area contributed by atoms with E-state index < -0.39 is 0 Å². The number of amides is 1. The molecule has 0 radical (unpaired) electrons. The predicted octanol–water partition coefficient (Wildman–Crippen LogP) is 2.19. The summed E-state index contributed by atoms with van der Waals surface area (Å²) in [4.78, 5) is 27.0. The van der Waals surface area contributed by atoms with Gasteiger partial charge in [-0.05, 0) is 38.8 Å². The van der Waals surface area contributed by atoms with Crippen LogP contribution in [0.25, 0.3) is 0 Å².